The normalized spacial score (nSPS) is 11.1. The van der Waals surface area contributed by atoms with Crippen LogP contribution < -0.4 is 4.74 Å². The standard InChI is InChI=1S/C21H15ClO6S/c22-29(26,27)18-12-16(21(24)25)11-17(28-13-14-7-3-1-4-8-14)19(18)20(23)15-9-5-2-6-10-15/h1-12H,13H2,(H,24,25). The topological polar surface area (TPSA) is 97.7 Å². The van der Waals surface area contributed by atoms with Crippen molar-refractivity contribution in [3.63, 3.8) is 0 Å². The lowest BCUT2D eigenvalue weighted by Crippen LogP contribution is -2.13. The lowest BCUT2D eigenvalue weighted by molar-refractivity contribution is 0.0695. The number of ether oxygens (including phenoxy) is 1. The number of carbonyl (C=O) groups excluding carboxylic acids is 1. The van der Waals surface area contributed by atoms with Crippen LogP contribution in [0.4, 0.5) is 0 Å². The van der Waals surface area contributed by atoms with E-state index < -0.39 is 25.7 Å². The largest absolute Gasteiger partial charge is 0.488 e. The Balaban J connectivity index is 2.18. The first-order valence-corrected chi connectivity index (χ1v) is 10.7. The van der Waals surface area contributed by atoms with Gasteiger partial charge >= 0.3 is 5.97 Å². The Morgan fingerprint density at radius 2 is 1.48 bits per heavy atom. The van der Waals surface area contributed by atoms with Gasteiger partial charge in [-0.05, 0) is 17.7 Å². The molecule has 3 aromatic carbocycles. The van der Waals surface area contributed by atoms with Gasteiger partial charge in [0.2, 0.25) is 0 Å². The van der Waals surface area contributed by atoms with E-state index in [2.05, 4.69) is 0 Å². The lowest BCUT2D eigenvalue weighted by Gasteiger charge is -2.15. The van der Waals surface area contributed by atoms with Crippen LogP contribution >= 0.6 is 10.7 Å². The van der Waals surface area contributed by atoms with Gasteiger partial charge in [-0.2, -0.15) is 0 Å². The van der Waals surface area contributed by atoms with Gasteiger partial charge in [-0.3, -0.25) is 4.79 Å². The van der Waals surface area contributed by atoms with E-state index >= 15 is 0 Å². The Morgan fingerprint density at radius 1 is 0.897 bits per heavy atom. The van der Waals surface area contributed by atoms with E-state index in [0.29, 0.717) is 0 Å². The van der Waals surface area contributed by atoms with Crippen LogP contribution in [-0.2, 0) is 15.7 Å². The molecule has 0 aliphatic carbocycles. The van der Waals surface area contributed by atoms with E-state index in [0.717, 1.165) is 17.7 Å². The van der Waals surface area contributed by atoms with Crippen LogP contribution in [-0.4, -0.2) is 25.3 Å². The number of hydrogen-bond acceptors (Lipinski definition) is 5. The van der Waals surface area contributed by atoms with E-state index in [9.17, 15) is 23.1 Å². The molecule has 0 atom stereocenters. The summed E-state index contributed by atoms with van der Waals surface area (Å²) in [6.07, 6.45) is 0. The van der Waals surface area contributed by atoms with Crippen molar-refractivity contribution in [2.75, 3.05) is 0 Å². The summed E-state index contributed by atoms with van der Waals surface area (Å²) >= 11 is 0. The summed E-state index contributed by atoms with van der Waals surface area (Å²) in [5.41, 5.74) is 0.285. The number of ketones is 1. The highest BCUT2D eigenvalue weighted by molar-refractivity contribution is 8.13. The van der Waals surface area contributed by atoms with E-state index in [4.69, 9.17) is 15.4 Å². The van der Waals surface area contributed by atoms with Crippen molar-refractivity contribution in [2.45, 2.75) is 11.5 Å². The Labute approximate surface area is 171 Å². The number of rotatable bonds is 7. The predicted molar refractivity (Wildman–Crippen MR) is 107 cm³/mol. The molecule has 0 heterocycles. The Bertz CT molecular complexity index is 1160. The van der Waals surface area contributed by atoms with Crippen molar-refractivity contribution in [2.24, 2.45) is 0 Å². The Kier molecular flexibility index (Phi) is 6.00. The van der Waals surface area contributed by atoms with Gasteiger partial charge in [-0.1, -0.05) is 60.7 Å². The van der Waals surface area contributed by atoms with Crippen LogP contribution in [0.1, 0.15) is 31.8 Å². The van der Waals surface area contributed by atoms with Gasteiger partial charge in [0, 0.05) is 16.2 Å². The quantitative estimate of drug-likeness (QED) is 0.447. The van der Waals surface area contributed by atoms with Gasteiger partial charge in [-0.15, -0.1) is 0 Å². The maximum atomic E-state index is 13.1. The van der Waals surface area contributed by atoms with Crippen molar-refractivity contribution in [3.05, 3.63) is 95.1 Å². The molecule has 0 radical (unpaired) electrons. The van der Waals surface area contributed by atoms with Crippen LogP contribution in [0.15, 0.2) is 77.7 Å². The monoisotopic (exact) mass is 430 g/mol. The molecule has 3 rings (SSSR count). The van der Waals surface area contributed by atoms with Crippen molar-refractivity contribution < 1.29 is 27.9 Å². The molecule has 6 nitrogen and oxygen atoms in total. The van der Waals surface area contributed by atoms with Crippen LogP contribution in [0.2, 0.25) is 0 Å². The van der Waals surface area contributed by atoms with Crippen LogP contribution in [0.5, 0.6) is 5.75 Å². The van der Waals surface area contributed by atoms with E-state index in [1.165, 1.54) is 12.1 Å². The van der Waals surface area contributed by atoms with Gasteiger partial charge in [0.1, 0.15) is 12.4 Å². The summed E-state index contributed by atoms with van der Waals surface area (Å²) in [6, 6.07) is 18.9. The molecule has 29 heavy (non-hydrogen) atoms. The predicted octanol–water partition coefficient (Wildman–Crippen LogP) is 4.12. The van der Waals surface area contributed by atoms with Gasteiger partial charge < -0.3 is 9.84 Å². The fourth-order valence-electron chi connectivity index (χ4n) is 2.71. The first-order valence-electron chi connectivity index (χ1n) is 8.40. The van der Waals surface area contributed by atoms with Crippen molar-refractivity contribution in [1.29, 1.82) is 0 Å². The Hall–Kier alpha value is -3.16. The summed E-state index contributed by atoms with van der Waals surface area (Å²) < 4.78 is 30.0. The third-order valence-electron chi connectivity index (χ3n) is 4.08. The highest BCUT2D eigenvalue weighted by Gasteiger charge is 2.28. The number of hydrogen-bond donors (Lipinski definition) is 1. The minimum atomic E-state index is -4.44. The van der Waals surface area contributed by atoms with E-state index in [1.54, 1.807) is 42.5 Å². The minimum absolute atomic E-state index is 0.000749. The molecule has 0 saturated carbocycles. The van der Waals surface area contributed by atoms with Crippen molar-refractivity contribution in [1.82, 2.24) is 0 Å². The lowest BCUT2D eigenvalue weighted by atomic mass is 10.0. The van der Waals surface area contributed by atoms with Crippen molar-refractivity contribution in [3.8, 4) is 5.75 Å². The highest BCUT2D eigenvalue weighted by Crippen LogP contribution is 2.33. The molecule has 0 bridgehead atoms. The summed E-state index contributed by atoms with van der Waals surface area (Å²) in [6.45, 7) is 0.000749. The minimum Gasteiger partial charge on any atom is -0.488 e. The van der Waals surface area contributed by atoms with Gasteiger partial charge in [0.25, 0.3) is 9.05 Å². The molecule has 0 unspecified atom stereocenters. The first kappa shape index (κ1) is 20.6. The number of benzene rings is 3. The third-order valence-corrected chi connectivity index (χ3v) is 5.42. The molecule has 0 saturated heterocycles. The zero-order valence-electron chi connectivity index (χ0n) is 14.9. The fourth-order valence-corrected chi connectivity index (χ4v) is 3.78. The second-order valence-corrected chi connectivity index (χ2v) is 8.59. The first-order chi connectivity index (χ1) is 13.8. The smallest absolute Gasteiger partial charge is 0.335 e. The molecule has 3 aromatic rings. The Morgan fingerprint density at radius 3 is 2.03 bits per heavy atom. The SMILES string of the molecule is O=C(O)c1cc(OCc2ccccc2)c(C(=O)c2ccccc2)c(S(=O)(=O)Cl)c1. The number of aromatic carboxylic acids is 1. The summed E-state index contributed by atoms with van der Waals surface area (Å²) in [5.74, 6) is -2.21. The molecule has 8 heteroatoms. The number of carboxylic acid groups (broad SMARTS) is 1. The molecule has 1 N–H and O–H groups in total. The molecular weight excluding hydrogens is 416 g/mol. The average Bonchev–Trinajstić information content (AvgIpc) is 2.71. The summed E-state index contributed by atoms with van der Waals surface area (Å²) in [5, 5.41) is 9.35. The van der Waals surface area contributed by atoms with Gasteiger partial charge in [0.15, 0.2) is 5.78 Å². The molecule has 0 amide bonds. The average molecular weight is 431 g/mol. The summed E-state index contributed by atoms with van der Waals surface area (Å²) in [4.78, 5) is 23.9. The molecule has 0 spiro atoms. The second-order valence-electron chi connectivity index (χ2n) is 6.06. The number of carboxylic acids is 1. The van der Waals surface area contributed by atoms with E-state index in [1.807, 2.05) is 6.07 Å². The van der Waals surface area contributed by atoms with Crippen LogP contribution in [0.25, 0.3) is 0 Å². The molecule has 0 aliphatic rings. The molecular formula is C21H15ClO6S. The second kappa shape index (κ2) is 8.46. The zero-order chi connectivity index (χ0) is 21.0. The van der Waals surface area contributed by atoms with Crippen molar-refractivity contribution >= 4 is 31.5 Å². The van der Waals surface area contributed by atoms with Gasteiger partial charge in [-0.25, -0.2) is 13.2 Å². The molecule has 148 valence electrons. The summed E-state index contributed by atoms with van der Waals surface area (Å²) in [7, 11) is 1.09. The number of carbonyl (C=O) groups is 2. The maximum absolute atomic E-state index is 13.1. The number of halogens is 1. The van der Waals surface area contributed by atoms with Crippen LogP contribution in [0, 0.1) is 0 Å². The maximum Gasteiger partial charge on any atom is 0.335 e. The van der Waals surface area contributed by atoms with Crippen LogP contribution in [0.3, 0.4) is 0 Å². The third kappa shape index (κ3) is 4.82. The zero-order valence-corrected chi connectivity index (χ0v) is 16.5. The fraction of sp³-hybridized carbons (Fsp3) is 0.0476. The molecule has 0 aromatic heterocycles. The molecule has 0 fully saturated rings. The highest BCUT2D eigenvalue weighted by atomic mass is 35.7. The van der Waals surface area contributed by atoms with E-state index in [-0.39, 0.29) is 29.0 Å². The molecule has 0 aliphatic heterocycles. The van der Waals surface area contributed by atoms with Gasteiger partial charge in [0.05, 0.1) is 16.0 Å².